The van der Waals surface area contributed by atoms with Gasteiger partial charge in [-0.05, 0) is 31.2 Å². The van der Waals surface area contributed by atoms with E-state index in [1.54, 1.807) is 11.9 Å². The first-order valence-corrected chi connectivity index (χ1v) is 3.58. The Bertz CT molecular complexity index is 62.5. The van der Waals surface area contributed by atoms with Crippen molar-refractivity contribution in [2.75, 3.05) is 5.75 Å². The van der Waals surface area contributed by atoms with E-state index in [0.717, 1.165) is 0 Å². The summed E-state index contributed by atoms with van der Waals surface area (Å²) in [5, 5.41) is 0. The van der Waals surface area contributed by atoms with Crippen molar-refractivity contribution in [3.8, 4) is 0 Å². The fourth-order valence-electron chi connectivity index (χ4n) is 0.560. The summed E-state index contributed by atoms with van der Waals surface area (Å²) in [7, 11) is 0. The first-order valence-electron chi connectivity index (χ1n) is 2.64. The summed E-state index contributed by atoms with van der Waals surface area (Å²) in [4.78, 5) is 0. The molecular weight excluding hydrogens is 106 g/mol. The number of hydrogen-bond acceptors (Lipinski definition) is 2. The van der Waals surface area contributed by atoms with E-state index in [1.807, 2.05) is 6.21 Å². The molecule has 0 atom stereocenters. The van der Waals surface area contributed by atoms with Gasteiger partial charge < -0.3 is 0 Å². The highest BCUT2D eigenvalue weighted by Gasteiger charge is 1.90. The molecule has 0 amide bonds. The molecule has 1 rings (SSSR count). The van der Waals surface area contributed by atoms with Gasteiger partial charge in [0, 0.05) is 12.0 Å². The van der Waals surface area contributed by atoms with Gasteiger partial charge in [-0.1, -0.05) is 0 Å². The molecule has 40 valence electrons. The molecule has 0 spiro atoms. The van der Waals surface area contributed by atoms with E-state index in [9.17, 15) is 0 Å². The van der Waals surface area contributed by atoms with Crippen LogP contribution in [0.2, 0.25) is 0 Å². The van der Waals surface area contributed by atoms with Gasteiger partial charge in [0.25, 0.3) is 0 Å². The molecule has 1 aliphatic heterocycles. The summed E-state index contributed by atoms with van der Waals surface area (Å²) in [6.45, 7) is 0. The Morgan fingerprint density at radius 1 is 1.43 bits per heavy atom. The number of rotatable bonds is 0. The van der Waals surface area contributed by atoms with Gasteiger partial charge in [-0.2, -0.15) is 0 Å². The quantitative estimate of drug-likeness (QED) is 0.439. The Hall–Kier alpha value is 0.0200. The van der Waals surface area contributed by atoms with Gasteiger partial charge >= 0.3 is 0 Å². The van der Waals surface area contributed by atoms with Crippen LogP contribution in [-0.2, 0) is 0 Å². The van der Waals surface area contributed by atoms with Crippen LogP contribution in [0.1, 0.15) is 19.3 Å². The third-order valence-corrected chi connectivity index (χ3v) is 1.74. The van der Waals surface area contributed by atoms with Crippen LogP contribution in [0.15, 0.2) is 4.40 Å². The third kappa shape index (κ3) is 1.97. The van der Waals surface area contributed by atoms with E-state index in [1.165, 1.54) is 25.0 Å². The maximum atomic E-state index is 4.06. The van der Waals surface area contributed by atoms with Crippen molar-refractivity contribution in [1.29, 1.82) is 0 Å². The van der Waals surface area contributed by atoms with Crippen LogP contribution in [0.3, 0.4) is 0 Å². The standard InChI is InChI=1S/C5H9NS/c1-2-4-6-7-5-3-1/h4H,1-3,5H2. The van der Waals surface area contributed by atoms with Crippen LogP contribution < -0.4 is 0 Å². The van der Waals surface area contributed by atoms with Crippen molar-refractivity contribution in [3.63, 3.8) is 0 Å². The lowest BCUT2D eigenvalue weighted by Gasteiger charge is -1.84. The van der Waals surface area contributed by atoms with Gasteiger partial charge in [0.2, 0.25) is 0 Å². The lowest BCUT2D eigenvalue weighted by atomic mass is 10.3. The van der Waals surface area contributed by atoms with Gasteiger partial charge in [-0.3, -0.25) is 0 Å². The molecule has 1 aliphatic rings. The summed E-state index contributed by atoms with van der Waals surface area (Å²) in [5.41, 5.74) is 0. The predicted octanol–water partition coefficient (Wildman–Crippen LogP) is 1.89. The van der Waals surface area contributed by atoms with E-state index in [-0.39, 0.29) is 0 Å². The lowest BCUT2D eigenvalue weighted by Crippen LogP contribution is -1.73. The third-order valence-electron chi connectivity index (χ3n) is 0.968. The normalized spacial score (nSPS) is 21.7. The minimum Gasteiger partial charge on any atom is -0.229 e. The first-order chi connectivity index (χ1) is 3.50. The van der Waals surface area contributed by atoms with Crippen molar-refractivity contribution in [3.05, 3.63) is 0 Å². The number of nitrogens with zero attached hydrogens (tertiary/aromatic N) is 1. The van der Waals surface area contributed by atoms with Gasteiger partial charge in [-0.25, -0.2) is 4.40 Å². The molecular formula is C5H9NS. The molecule has 0 unspecified atom stereocenters. The molecule has 0 aromatic carbocycles. The second-order valence-electron chi connectivity index (χ2n) is 1.62. The second kappa shape index (κ2) is 3.08. The van der Waals surface area contributed by atoms with E-state index < -0.39 is 0 Å². The Morgan fingerprint density at radius 3 is 3.43 bits per heavy atom. The van der Waals surface area contributed by atoms with E-state index in [4.69, 9.17) is 0 Å². The minimum atomic E-state index is 1.19. The summed E-state index contributed by atoms with van der Waals surface area (Å²) in [6, 6.07) is 0. The fraction of sp³-hybridized carbons (Fsp3) is 0.800. The summed E-state index contributed by atoms with van der Waals surface area (Å²) < 4.78 is 4.06. The van der Waals surface area contributed by atoms with E-state index >= 15 is 0 Å². The molecule has 0 bridgehead atoms. The van der Waals surface area contributed by atoms with Crippen molar-refractivity contribution in [2.45, 2.75) is 19.3 Å². The summed E-state index contributed by atoms with van der Waals surface area (Å²) >= 11 is 1.69. The fourth-order valence-corrected chi connectivity index (χ4v) is 1.21. The Balaban J connectivity index is 2.20. The average molecular weight is 115 g/mol. The molecule has 0 radical (unpaired) electrons. The zero-order chi connectivity index (χ0) is 4.95. The molecule has 0 saturated heterocycles. The van der Waals surface area contributed by atoms with Crippen LogP contribution in [0, 0.1) is 0 Å². The number of hydrogen-bond donors (Lipinski definition) is 0. The van der Waals surface area contributed by atoms with Crippen molar-refractivity contribution in [1.82, 2.24) is 0 Å². The zero-order valence-electron chi connectivity index (χ0n) is 4.26. The topological polar surface area (TPSA) is 12.4 Å². The van der Waals surface area contributed by atoms with E-state index in [2.05, 4.69) is 4.40 Å². The van der Waals surface area contributed by atoms with Crippen LogP contribution in [-0.4, -0.2) is 12.0 Å². The average Bonchev–Trinajstić information content (AvgIpc) is 1.90. The van der Waals surface area contributed by atoms with Crippen molar-refractivity contribution in [2.24, 2.45) is 4.40 Å². The molecule has 0 N–H and O–H groups in total. The molecule has 0 aromatic heterocycles. The molecule has 0 aromatic rings. The highest BCUT2D eigenvalue weighted by Crippen LogP contribution is 2.10. The first kappa shape index (κ1) is 5.16. The zero-order valence-corrected chi connectivity index (χ0v) is 5.08. The van der Waals surface area contributed by atoms with Gasteiger partial charge in [0.05, 0.1) is 0 Å². The van der Waals surface area contributed by atoms with Gasteiger partial charge in [-0.15, -0.1) is 0 Å². The Kier molecular flexibility index (Phi) is 2.27. The Labute approximate surface area is 48.3 Å². The smallest absolute Gasteiger partial charge is 0.0153 e. The second-order valence-corrected chi connectivity index (χ2v) is 2.49. The van der Waals surface area contributed by atoms with Crippen molar-refractivity contribution >= 4 is 18.2 Å². The highest BCUT2D eigenvalue weighted by molar-refractivity contribution is 7.98. The molecule has 0 fully saturated rings. The molecule has 0 saturated carbocycles. The van der Waals surface area contributed by atoms with Crippen LogP contribution in [0.4, 0.5) is 0 Å². The SMILES string of the molecule is C1=NSCCCC1. The molecule has 2 heteroatoms. The maximum Gasteiger partial charge on any atom is 0.0153 e. The van der Waals surface area contributed by atoms with Gasteiger partial charge in [0.15, 0.2) is 0 Å². The summed E-state index contributed by atoms with van der Waals surface area (Å²) in [6.07, 6.45) is 5.87. The largest absolute Gasteiger partial charge is 0.229 e. The molecule has 0 aliphatic carbocycles. The van der Waals surface area contributed by atoms with Crippen LogP contribution in [0.25, 0.3) is 0 Å². The van der Waals surface area contributed by atoms with Gasteiger partial charge in [0.1, 0.15) is 0 Å². The lowest BCUT2D eigenvalue weighted by molar-refractivity contribution is 0.858. The molecule has 1 heterocycles. The van der Waals surface area contributed by atoms with Crippen molar-refractivity contribution < 1.29 is 0 Å². The predicted molar refractivity (Wildman–Crippen MR) is 34.8 cm³/mol. The molecule has 1 nitrogen and oxygen atoms in total. The maximum absolute atomic E-state index is 4.06. The van der Waals surface area contributed by atoms with E-state index in [0.29, 0.717) is 0 Å². The molecule has 7 heavy (non-hydrogen) atoms. The van der Waals surface area contributed by atoms with Crippen LogP contribution in [0.5, 0.6) is 0 Å². The Morgan fingerprint density at radius 2 is 2.43 bits per heavy atom. The highest BCUT2D eigenvalue weighted by atomic mass is 32.2. The monoisotopic (exact) mass is 115 g/mol. The summed E-state index contributed by atoms with van der Waals surface area (Å²) in [5.74, 6) is 1.22. The minimum absolute atomic E-state index is 1.19. The van der Waals surface area contributed by atoms with Crippen LogP contribution >= 0.6 is 11.9 Å².